The molecule has 0 amide bonds. The minimum atomic E-state index is -0.567. The maximum Gasteiger partial charge on any atom is 0.137 e. The first-order chi connectivity index (χ1) is 45.1. The highest BCUT2D eigenvalue weighted by Crippen LogP contribution is 2.65. The normalized spacial score (nSPS) is 14.0. The zero-order valence-electron chi connectivity index (χ0n) is 56.2. The highest BCUT2D eigenvalue weighted by Gasteiger charge is 2.53. The van der Waals surface area contributed by atoms with Gasteiger partial charge in [0.15, 0.2) is 0 Å². The van der Waals surface area contributed by atoms with Gasteiger partial charge in [-0.3, -0.25) is 4.57 Å². The Morgan fingerprint density at radius 3 is 1.52 bits per heavy atom. The summed E-state index contributed by atoms with van der Waals surface area (Å²) < 4.78 is 9.66. The van der Waals surface area contributed by atoms with Gasteiger partial charge in [-0.15, -0.1) is 0 Å². The van der Waals surface area contributed by atoms with E-state index in [4.69, 9.17) is 9.72 Å². The second-order valence-corrected chi connectivity index (χ2v) is 30.4. The summed E-state index contributed by atoms with van der Waals surface area (Å²) in [4.78, 5) is 10.5. The molecular formula is C89H80N4O. The summed E-state index contributed by atoms with van der Waals surface area (Å²) in [5.41, 5.74) is 28.4. The Hall–Kier alpha value is -10.2. The van der Waals surface area contributed by atoms with E-state index in [-0.39, 0.29) is 21.7 Å². The van der Waals surface area contributed by atoms with Crippen LogP contribution in [0.25, 0.3) is 83.3 Å². The van der Waals surface area contributed by atoms with E-state index < -0.39 is 5.41 Å². The second kappa shape index (κ2) is 21.4. The van der Waals surface area contributed by atoms with Crippen LogP contribution in [0.5, 0.6) is 11.5 Å². The van der Waals surface area contributed by atoms with Gasteiger partial charge in [0.1, 0.15) is 24.0 Å². The minimum Gasteiger partial charge on any atom is -0.457 e. The van der Waals surface area contributed by atoms with Gasteiger partial charge in [-0.1, -0.05) is 271 Å². The quantitative estimate of drug-likeness (QED) is 0.152. The van der Waals surface area contributed by atoms with Gasteiger partial charge in [-0.2, -0.15) is 0 Å². The number of hydrogen-bond donors (Lipinski definition) is 0. The van der Waals surface area contributed by atoms with Gasteiger partial charge in [0, 0.05) is 51.5 Å². The molecule has 0 saturated carbocycles. The summed E-state index contributed by atoms with van der Waals surface area (Å²) in [5, 5.41) is 2.36. The van der Waals surface area contributed by atoms with Crippen LogP contribution in [0.3, 0.4) is 0 Å². The monoisotopic (exact) mass is 1220 g/mol. The third-order valence-electron chi connectivity index (χ3n) is 20.3. The topological polar surface area (TPSA) is 33.5 Å². The van der Waals surface area contributed by atoms with Crippen LogP contribution in [0.15, 0.2) is 255 Å². The standard InChI is InChI=1S/C89H80N4O/c1-85(2,3)59-42-40-57(41-43-59)72-54-90-81(53-76(72)88(10,11)12)93-79-47-46-70-69-32-18-21-37-75(69)89(73-35-19-16-30-67(73)68-31-17-20-36-74(68)89)83(70)82(79)71-45-44-64(52-80(71)93)94-63-29-24-28-62(51-63)91-55-92(78-39-23-22-38-77(78)91)84-65(56-26-14-13-15-27-56)33-25-34-66(84)58-48-60(86(4,5)6)50-61(49-58)87(7,8)9/h13-54H,55H2,1-12H3. The fraction of sp³-hybridized carbons (Fsp3) is 0.202. The average Bonchev–Trinajstić information content (AvgIpc) is 1.50. The van der Waals surface area contributed by atoms with E-state index in [2.05, 4.69) is 352 Å². The van der Waals surface area contributed by atoms with Crippen LogP contribution in [0, 0.1) is 0 Å². The Bertz CT molecular complexity index is 5100. The SMILES string of the molecule is CC(C)(C)c1ccc(-c2cnc(-n3c4cc(Oc5cccc(N6CN(c7c(-c8ccccc8)cccc7-c7cc(C(C)(C)C)cc(C(C)(C)C)c7)c7ccccc76)c5)ccc4c4c5c(ccc43)-c3ccccc3C53c4ccccc4-c4ccccc43)cc2C(C)(C)C)cc1. The number of hydrogen-bond acceptors (Lipinski definition) is 4. The number of para-hydroxylation sites is 3. The van der Waals surface area contributed by atoms with Crippen molar-refractivity contribution < 1.29 is 4.74 Å². The van der Waals surface area contributed by atoms with Crippen LogP contribution in [-0.2, 0) is 27.1 Å². The fourth-order valence-electron chi connectivity index (χ4n) is 15.6. The van der Waals surface area contributed by atoms with Crippen molar-refractivity contribution in [2.75, 3.05) is 16.5 Å². The number of ether oxygens (including phenoxy) is 1. The van der Waals surface area contributed by atoms with Crippen molar-refractivity contribution in [3.05, 3.63) is 299 Å². The van der Waals surface area contributed by atoms with Crippen LogP contribution >= 0.6 is 0 Å². The molecule has 5 heteroatoms. The van der Waals surface area contributed by atoms with E-state index in [0.717, 1.165) is 61.9 Å². The summed E-state index contributed by atoms with van der Waals surface area (Å²) in [6.45, 7) is 28.3. The van der Waals surface area contributed by atoms with E-state index in [1.165, 1.54) is 100 Å². The first-order valence-corrected chi connectivity index (χ1v) is 33.4. The lowest BCUT2D eigenvalue weighted by molar-refractivity contribution is 0.483. The molecule has 0 bridgehead atoms. The molecule has 2 aromatic heterocycles. The molecule has 1 aliphatic heterocycles. The number of anilines is 4. The van der Waals surface area contributed by atoms with Gasteiger partial charge in [-0.25, -0.2) is 4.98 Å². The van der Waals surface area contributed by atoms with Gasteiger partial charge in [0.2, 0.25) is 0 Å². The molecule has 0 N–H and O–H groups in total. The van der Waals surface area contributed by atoms with Gasteiger partial charge in [0.25, 0.3) is 0 Å². The lowest BCUT2D eigenvalue weighted by Crippen LogP contribution is -2.26. The van der Waals surface area contributed by atoms with Gasteiger partial charge in [0.05, 0.1) is 33.5 Å². The molecule has 11 aromatic carbocycles. The molecule has 0 fully saturated rings. The number of aromatic nitrogens is 2. The highest BCUT2D eigenvalue weighted by molar-refractivity contribution is 6.16. The predicted octanol–water partition coefficient (Wildman–Crippen LogP) is 23.8. The van der Waals surface area contributed by atoms with Crippen molar-refractivity contribution >= 4 is 44.6 Å². The molecular weight excluding hydrogens is 1140 g/mol. The van der Waals surface area contributed by atoms with Crippen molar-refractivity contribution in [1.82, 2.24) is 9.55 Å². The molecule has 0 radical (unpaired) electrons. The molecule has 94 heavy (non-hydrogen) atoms. The molecule has 462 valence electrons. The average molecular weight is 1220 g/mol. The number of pyridine rings is 1. The van der Waals surface area contributed by atoms with Crippen LogP contribution in [0.4, 0.5) is 22.7 Å². The smallest absolute Gasteiger partial charge is 0.137 e. The first kappa shape index (κ1) is 58.8. The van der Waals surface area contributed by atoms with E-state index >= 15 is 0 Å². The number of rotatable bonds is 8. The highest BCUT2D eigenvalue weighted by atomic mass is 16.5. The fourth-order valence-corrected chi connectivity index (χ4v) is 15.6. The van der Waals surface area contributed by atoms with E-state index in [1.807, 2.05) is 0 Å². The molecule has 3 aliphatic rings. The van der Waals surface area contributed by atoms with Crippen molar-refractivity contribution in [2.24, 2.45) is 0 Å². The molecule has 3 heterocycles. The minimum absolute atomic E-state index is 0.0408. The largest absolute Gasteiger partial charge is 0.457 e. The Balaban J connectivity index is 0.852. The number of nitrogens with zero attached hydrogens (tertiary/aromatic N) is 4. The van der Waals surface area contributed by atoms with Gasteiger partial charge >= 0.3 is 0 Å². The van der Waals surface area contributed by atoms with E-state index in [9.17, 15) is 0 Å². The summed E-state index contributed by atoms with van der Waals surface area (Å²) in [6, 6.07) is 92.8. The zero-order valence-corrected chi connectivity index (χ0v) is 56.2. The Kier molecular flexibility index (Phi) is 13.4. The van der Waals surface area contributed by atoms with Gasteiger partial charge in [-0.05, 0) is 154 Å². The lowest BCUT2D eigenvalue weighted by Gasteiger charge is -2.31. The van der Waals surface area contributed by atoms with Crippen molar-refractivity contribution in [3.8, 4) is 73.0 Å². The Morgan fingerprint density at radius 2 is 0.904 bits per heavy atom. The summed E-state index contributed by atoms with van der Waals surface area (Å²) >= 11 is 0. The third kappa shape index (κ3) is 9.36. The van der Waals surface area contributed by atoms with Crippen molar-refractivity contribution in [2.45, 2.75) is 110 Å². The lowest BCUT2D eigenvalue weighted by atomic mass is 9.69. The maximum atomic E-state index is 7.25. The van der Waals surface area contributed by atoms with Crippen molar-refractivity contribution in [1.29, 1.82) is 0 Å². The third-order valence-corrected chi connectivity index (χ3v) is 20.3. The van der Waals surface area contributed by atoms with Crippen LogP contribution in [0.2, 0.25) is 0 Å². The van der Waals surface area contributed by atoms with Crippen LogP contribution in [0.1, 0.15) is 128 Å². The summed E-state index contributed by atoms with van der Waals surface area (Å²) in [6.07, 6.45) is 2.12. The molecule has 1 spiro atoms. The summed E-state index contributed by atoms with van der Waals surface area (Å²) in [5.74, 6) is 2.35. The number of benzene rings is 11. The maximum absolute atomic E-state index is 7.25. The molecule has 0 unspecified atom stereocenters. The molecule has 16 rings (SSSR count). The zero-order chi connectivity index (χ0) is 64.8. The Labute approximate surface area is 554 Å². The molecule has 5 nitrogen and oxygen atoms in total. The van der Waals surface area contributed by atoms with Crippen LogP contribution < -0.4 is 14.5 Å². The van der Waals surface area contributed by atoms with E-state index in [0.29, 0.717) is 6.67 Å². The molecule has 0 atom stereocenters. The van der Waals surface area contributed by atoms with E-state index in [1.54, 1.807) is 0 Å². The Morgan fingerprint density at radius 1 is 0.372 bits per heavy atom. The predicted molar refractivity (Wildman–Crippen MR) is 395 cm³/mol. The number of fused-ring (bicyclic) bond motifs is 15. The van der Waals surface area contributed by atoms with Crippen molar-refractivity contribution in [3.63, 3.8) is 0 Å². The molecule has 2 aliphatic carbocycles. The molecule has 0 saturated heterocycles. The first-order valence-electron chi connectivity index (χ1n) is 33.4. The summed E-state index contributed by atoms with van der Waals surface area (Å²) in [7, 11) is 0. The molecule has 13 aromatic rings. The van der Waals surface area contributed by atoms with Crippen LogP contribution in [-0.4, -0.2) is 16.2 Å². The van der Waals surface area contributed by atoms with Gasteiger partial charge < -0.3 is 14.5 Å². The second-order valence-electron chi connectivity index (χ2n) is 30.4.